The summed E-state index contributed by atoms with van der Waals surface area (Å²) in [6.45, 7) is 0. The maximum atomic E-state index is 9.45. The molecule has 0 atom stereocenters. The van der Waals surface area contributed by atoms with E-state index in [2.05, 4.69) is 48.5 Å². The van der Waals surface area contributed by atoms with Crippen molar-refractivity contribution in [1.82, 2.24) is 0 Å². The molecular weight excluding hydrogens is 593 g/mol. The van der Waals surface area contributed by atoms with Gasteiger partial charge in [-0.3, -0.25) is 0 Å². The van der Waals surface area contributed by atoms with Crippen LogP contribution in [0.1, 0.15) is 5.48 Å². The molecule has 49 heavy (non-hydrogen) atoms. The standard InChI is InChI=1S/C48H30O/c1-2-11-31(12-3-1)37-27-28-42-45(30-37)49-44-20-10-19-43(48(42)44)47-40-17-8-6-15-38(40)46(39-16-7-9-18-41(39)47)34-24-21-33(22-25-34)36-26-23-32-13-4-5-14-35(32)29-36/h1-30H/i21D,22D,24D,25D. The van der Waals surface area contributed by atoms with Crippen LogP contribution in [0, 0.1) is 0 Å². The predicted octanol–water partition coefficient (Wildman–Crippen LogP) is 13.7. The minimum absolute atomic E-state index is 0.0574. The summed E-state index contributed by atoms with van der Waals surface area (Å²) in [5.74, 6) is 0. The second-order valence-electron chi connectivity index (χ2n) is 12.5. The van der Waals surface area contributed by atoms with Gasteiger partial charge in [0.05, 0.1) is 5.48 Å². The third-order valence-electron chi connectivity index (χ3n) is 9.72. The summed E-state index contributed by atoms with van der Waals surface area (Å²) in [5, 5.41) is 7.71. The second-order valence-corrected chi connectivity index (χ2v) is 12.5. The van der Waals surface area contributed by atoms with E-state index in [0.717, 1.165) is 76.5 Å². The van der Waals surface area contributed by atoms with Gasteiger partial charge in [-0.05, 0) is 101 Å². The number of furan rings is 1. The largest absolute Gasteiger partial charge is 0.456 e. The highest BCUT2D eigenvalue weighted by Crippen LogP contribution is 2.47. The molecule has 0 bridgehead atoms. The van der Waals surface area contributed by atoms with Crippen LogP contribution in [0.2, 0.25) is 0 Å². The smallest absolute Gasteiger partial charge is 0.136 e. The van der Waals surface area contributed by atoms with Crippen LogP contribution >= 0.6 is 0 Å². The van der Waals surface area contributed by atoms with Crippen LogP contribution in [0.3, 0.4) is 0 Å². The molecule has 1 aromatic heterocycles. The third-order valence-corrected chi connectivity index (χ3v) is 9.72. The quantitative estimate of drug-likeness (QED) is 0.177. The molecule has 228 valence electrons. The van der Waals surface area contributed by atoms with Crippen LogP contribution in [-0.4, -0.2) is 0 Å². The van der Waals surface area contributed by atoms with Crippen LogP contribution in [0.15, 0.2) is 186 Å². The number of benzene rings is 9. The fraction of sp³-hybridized carbons (Fsp3) is 0. The first-order valence-electron chi connectivity index (χ1n) is 18.5. The Morgan fingerprint density at radius 2 is 0.939 bits per heavy atom. The van der Waals surface area contributed by atoms with Gasteiger partial charge in [0.1, 0.15) is 11.2 Å². The molecular formula is C48H30O. The Balaban J connectivity index is 1.24. The first-order valence-corrected chi connectivity index (χ1v) is 16.5. The van der Waals surface area contributed by atoms with E-state index in [9.17, 15) is 5.48 Å². The lowest BCUT2D eigenvalue weighted by Crippen LogP contribution is -1.91. The zero-order chi connectivity index (χ0) is 35.8. The molecule has 0 spiro atoms. The lowest BCUT2D eigenvalue weighted by molar-refractivity contribution is 0.669. The number of hydrogen-bond donors (Lipinski definition) is 0. The van der Waals surface area contributed by atoms with Crippen LogP contribution in [0.4, 0.5) is 0 Å². The highest BCUT2D eigenvalue weighted by Gasteiger charge is 2.20. The maximum Gasteiger partial charge on any atom is 0.136 e. The van der Waals surface area contributed by atoms with E-state index < -0.39 is 0 Å². The third kappa shape index (κ3) is 4.47. The van der Waals surface area contributed by atoms with Crippen molar-refractivity contribution in [1.29, 1.82) is 0 Å². The molecule has 10 aromatic rings. The average Bonchev–Trinajstić information content (AvgIpc) is 3.59. The molecule has 0 aliphatic carbocycles. The summed E-state index contributed by atoms with van der Waals surface area (Å²) in [6, 6.07) is 52.6. The summed E-state index contributed by atoms with van der Waals surface area (Å²) in [4.78, 5) is 0. The average molecular weight is 627 g/mol. The van der Waals surface area contributed by atoms with Gasteiger partial charge in [0, 0.05) is 10.8 Å². The zero-order valence-electron chi connectivity index (χ0n) is 30.4. The van der Waals surface area contributed by atoms with E-state index in [4.69, 9.17) is 4.42 Å². The molecule has 10 rings (SSSR count). The summed E-state index contributed by atoms with van der Waals surface area (Å²) in [6.07, 6.45) is 0. The summed E-state index contributed by atoms with van der Waals surface area (Å²) < 4.78 is 44.0. The molecule has 0 saturated carbocycles. The Kier molecular flexibility index (Phi) is 5.38. The Morgan fingerprint density at radius 1 is 0.347 bits per heavy atom. The fourth-order valence-corrected chi connectivity index (χ4v) is 7.46. The van der Waals surface area contributed by atoms with E-state index >= 15 is 0 Å². The molecule has 0 aliphatic rings. The molecule has 0 N–H and O–H groups in total. The Bertz CT molecular complexity index is 3020. The van der Waals surface area contributed by atoms with E-state index in [1.165, 1.54) is 0 Å². The normalized spacial score (nSPS) is 12.8. The molecule has 0 saturated heterocycles. The number of fused-ring (bicyclic) bond motifs is 6. The Morgan fingerprint density at radius 3 is 1.67 bits per heavy atom. The van der Waals surface area contributed by atoms with E-state index in [-0.39, 0.29) is 24.2 Å². The van der Waals surface area contributed by atoms with Gasteiger partial charge >= 0.3 is 0 Å². The van der Waals surface area contributed by atoms with Gasteiger partial charge in [-0.25, -0.2) is 0 Å². The molecule has 1 nitrogen and oxygen atoms in total. The molecule has 0 amide bonds. The van der Waals surface area contributed by atoms with Crippen LogP contribution < -0.4 is 0 Å². The molecule has 1 heterocycles. The lowest BCUT2D eigenvalue weighted by atomic mass is 9.84. The molecule has 0 unspecified atom stereocenters. The first-order chi connectivity index (χ1) is 26.0. The van der Waals surface area contributed by atoms with Crippen molar-refractivity contribution in [3.05, 3.63) is 182 Å². The first kappa shape index (κ1) is 23.8. The lowest BCUT2D eigenvalue weighted by Gasteiger charge is -2.18. The van der Waals surface area contributed by atoms with Gasteiger partial charge in [0.25, 0.3) is 0 Å². The molecule has 0 fully saturated rings. The summed E-state index contributed by atoms with van der Waals surface area (Å²) in [7, 11) is 0. The summed E-state index contributed by atoms with van der Waals surface area (Å²) in [5.41, 5.74) is 7.83. The zero-order valence-corrected chi connectivity index (χ0v) is 26.4. The highest BCUT2D eigenvalue weighted by atomic mass is 16.3. The van der Waals surface area contributed by atoms with Crippen LogP contribution in [0.25, 0.3) is 98.8 Å². The maximum absolute atomic E-state index is 9.45. The predicted molar refractivity (Wildman–Crippen MR) is 208 cm³/mol. The fourth-order valence-electron chi connectivity index (χ4n) is 7.46. The highest BCUT2D eigenvalue weighted by molar-refractivity contribution is 6.25. The van der Waals surface area contributed by atoms with E-state index in [1.807, 2.05) is 109 Å². The minimum atomic E-state index is -0.0608. The Labute approximate surface area is 289 Å². The van der Waals surface area contributed by atoms with Crippen LogP contribution in [0.5, 0.6) is 0 Å². The van der Waals surface area contributed by atoms with Crippen molar-refractivity contribution in [3.8, 4) is 44.5 Å². The molecule has 0 aliphatic heterocycles. The molecule has 0 radical (unpaired) electrons. The van der Waals surface area contributed by atoms with Crippen LogP contribution in [-0.2, 0) is 0 Å². The topological polar surface area (TPSA) is 13.1 Å². The molecule has 1 heteroatoms. The van der Waals surface area contributed by atoms with Gasteiger partial charge in [0.15, 0.2) is 0 Å². The van der Waals surface area contributed by atoms with Crippen molar-refractivity contribution in [2.45, 2.75) is 0 Å². The van der Waals surface area contributed by atoms with Gasteiger partial charge < -0.3 is 4.42 Å². The minimum Gasteiger partial charge on any atom is -0.456 e. The van der Waals surface area contributed by atoms with Gasteiger partial charge in [-0.15, -0.1) is 0 Å². The van der Waals surface area contributed by atoms with Gasteiger partial charge in [0.2, 0.25) is 0 Å². The van der Waals surface area contributed by atoms with Crippen molar-refractivity contribution in [2.24, 2.45) is 0 Å². The molecule has 9 aromatic carbocycles. The second kappa shape index (κ2) is 11.1. The van der Waals surface area contributed by atoms with E-state index in [0.29, 0.717) is 22.3 Å². The van der Waals surface area contributed by atoms with Gasteiger partial charge in [-0.2, -0.15) is 0 Å². The number of rotatable bonds is 4. The van der Waals surface area contributed by atoms with Crippen molar-refractivity contribution in [3.63, 3.8) is 0 Å². The van der Waals surface area contributed by atoms with Crippen molar-refractivity contribution >= 4 is 54.3 Å². The van der Waals surface area contributed by atoms with Gasteiger partial charge in [-0.1, -0.05) is 158 Å². The monoisotopic (exact) mass is 626 g/mol. The van der Waals surface area contributed by atoms with Crippen molar-refractivity contribution < 1.29 is 9.90 Å². The van der Waals surface area contributed by atoms with Crippen molar-refractivity contribution in [2.75, 3.05) is 0 Å². The van der Waals surface area contributed by atoms with E-state index in [1.54, 1.807) is 0 Å². The summed E-state index contributed by atoms with van der Waals surface area (Å²) >= 11 is 0. The number of hydrogen-bond acceptors (Lipinski definition) is 1. The Hall–Kier alpha value is -6.44. The SMILES string of the molecule is [2H]c1c([2H])c(-c2c3ccccc3c(-c3cccc4oc5cc(-c6ccccc6)ccc5c34)c3ccccc23)c([2H])c([2H])c1-c1ccc2ccccc2c1.